The molecule has 1 fully saturated rings. The number of halogens is 1. The van der Waals surface area contributed by atoms with Gasteiger partial charge < -0.3 is 9.64 Å². The van der Waals surface area contributed by atoms with E-state index < -0.39 is 0 Å². The van der Waals surface area contributed by atoms with E-state index in [1.165, 1.54) is 4.70 Å². The molecule has 0 bridgehead atoms. The molecule has 102 valence electrons. The van der Waals surface area contributed by atoms with Crippen LogP contribution in [-0.2, 0) is 4.74 Å². The highest BCUT2D eigenvalue weighted by Gasteiger charge is 2.34. The van der Waals surface area contributed by atoms with Crippen molar-refractivity contribution in [1.29, 1.82) is 0 Å². The second-order valence-electron chi connectivity index (χ2n) is 5.50. The van der Waals surface area contributed by atoms with Gasteiger partial charge in [0, 0.05) is 18.4 Å². The van der Waals surface area contributed by atoms with Crippen molar-refractivity contribution >= 4 is 42.6 Å². The van der Waals surface area contributed by atoms with Crippen molar-refractivity contribution in [1.82, 2.24) is 4.98 Å². The van der Waals surface area contributed by atoms with Crippen molar-refractivity contribution in [2.24, 2.45) is 0 Å². The lowest BCUT2D eigenvalue weighted by Crippen LogP contribution is -2.53. The lowest BCUT2D eigenvalue weighted by Gasteiger charge is -2.42. The van der Waals surface area contributed by atoms with Crippen LogP contribution >= 0.6 is 27.3 Å². The van der Waals surface area contributed by atoms with Crippen LogP contribution in [0.4, 0.5) is 5.13 Å². The maximum atomic E-state index is 6.04. The van der Waals surface area contributed by atoms with Crippen LogP contribution in [0, 0.1) is 0 Å². The summed E-state index contributed by atoms with van der Waals surface area (Å²) in [5, 5.41) is 1.96. The van der Waals surface area contributed by atoms with Crippen molar-refractivity contribution in [2.45, 2.75) is 25.6 Å². The van der Waals surface area contributed by atoms with E-state index in [2.05, 4.69) is 52.9 Å². The lowest BCUT2D eigenvalue weighted by atomic mass is 10.1. The number of ether oxygens (including phenoxy) is 1. The maximum Gasteiger partial charge on any atom is 0.186 e. The second kappa shape index (κ2) is 5.04. The molecule has 1 unspecified atom stereocenters. The van der Waals surface area contributed by atoms with Crippen LogP contribution in [0.2, 0.25) is 0 Å². The molecule has 2 aromatic rings. The van der Waals surface area contributed by atoms with Crippen LogP contribution in [-0.4, -0.2) is 35.1 Å². The number of hydrogen-bond donors (Lipinski definition) is 0. The number of rotatable bonds is 2. The summed E-state index contributed by atoms with van der Waals surface area (Å²) >= 11 is 5.29. The Bertz CT molecular complexity index is 551. The minimum atomic E-state index is -0.130. The molecule has 2 heterocycles. The Balaban J connectivity index is 1.91. The molecule has 1 saturated heterocycles. The van der Waals surface area contributed by atoms with Crippen molar-refractivity contribution < 1.29 is 4.74 Å². The van der Waals surface area contributed by atoms with Crippen LogP contribution in [0.3, 0.4) is 0 Å². The molecule has 3 nitrogen and oxygen atoms in total. The summed E-state index contributed by atoms with van der Waals surface area (Å²) in [6.07, 6.45) is 0.218. The van der Waals surface area contributed by atoms with Gasteiger partial charge in [-0.2, -0.15) is 0 Å². The maximum absolute atomic E-state index is 6.04. The van der Waals surface area contributed by atoms with Crippen molar-refractivity contribution in [3.8, 4) is 0 Å². The van der Waals surface area contributed by atoms with E-state index in [9.17, 15) is 0 Å². The molecule has 5 heteroatoms. The van der Waals surface area contributed by atoms with Gasteiger partial charge in [-0.15, -0.1) is 0 Å². The SMILES string of the molecule is CC1(C)CN(c2nc3ccccc3s2)CC(CBr)O1. The number of benzene rings is 1. The number of aromatic nitrogens is 1. The van der Waals surface area contributed by atoms with Crippen molar-refractivity contribution in [3.63, 3.8) is 0 Å². The summed E-state index contributed by atoms with van der Waals surface area (Å²) in [5.41, 5.74) is 0.955. The van der Waals surface area contributed by atoms with E-state index in [1.54, 1.807) is 11.3 Å². The van der Waals surface area contributed by atoms with Crippen LogP contribution in [0.1, 0.15) is 13.8 Å². The summed E-state index contributed by atoms with van der Waals surface area (Å²) < 4.78 is 7.28. The third-order valence-electron chi connectivity index (χ3n) is 3.21. The molecule has 1 aromatic heterocycles. The zero-order chi connectivity index (χ0) is 13.5. The van der Waals surface area contributed by atoms with Crippen LogP contribution in [0.15, 0.2) is 24.3 Å². The first-order valence-corrected chi connectivity index (χ1v) is 8.35. The molecule has 1 aromatic carbocycles. The quantitative estimate of drug-likeness (QED) is 0.780. The van der Waals surface area contributed by atoms with Crippen molar-refractivity contribution in [3.05, 3.63) is 24.3 Å². The summed E-state index contributed by atoms with van der Waals surface area (Å²) in [6.45, 7) is 6.06. The number of para-hydroxylation sites is 1. The van der Waals surface area contributed by atoms with Gasteiger partial charge in [-0.25, -0.2) is 4.98 Å². The lowest BCUT2D eigenvalue weighted by molar-refractivity contribution is -0.0723. The highest BCUT2D eigenvalue weighted by Crippen LogP contribution is 2.32. The fraction of sp³-hybridized carbons (Fsp3) is 0.500. The molecule has 0 aliphatic carbocycles. The molecule has 19 heavy (non-hydrogen) atoms. The van der Waals surface area contributed by atoms with Gasteiger partial charge in [0.25, 0.3) is 0 Å². The number of alkyl halides is 1. The highest BCUT2D eigenvalue weighted by atomic mass is 79.9. The van der Waals surface area contributed by atoms with E-state index in [0.717, 1.165) is 29.1 Å². The topological polar surface area (TPSA) is 25.4 Å². The standard InChI is InChI=1S/C14H17BrN2OS/c1-14(2)9-17(8-10(7-15)18-14)13-16-11-5-3-4-6-12(11)19-13/h3-6,10H,7-9H2,1-2H3. The fourth-order valence-corrected chi connectivity index (χ4v) is 3.83. The van der Waals surface area contributed by atoms with Gasteiger partial charge in [-0.3, -0.25) is 0 Å². The van der Waals surface area contributed by atoms with Crippen LogP contribution in [0.25, 0.3) is 10.2 Å². The van der Waals surface area contributed by atoms with Crippen LogP contribution in [0.5, 0.6) is 0 Å². The summed E-state index contributed by atoms with van der Waals surface area (Å²) in [4.78, 5) is 7.09. The fourth-order valence-electron chi connectivity index (χ4n) is 2.52. The third kappa shape index (κ3) is 2.78. The van der Waals surface area contributed by atoms with E-state index in [0.29, 0.717) is 0 Å². The number of anilines is 1. The van der Waals surface area contributed by atoms with Gasteiger partial charge in [0.05, 0.1) is 21.9 Å². The summed E-state index contributed by atoms with van der Waals surface area (Å²) in [6, 6.07) is 8.30. The predicted octanol–water partition coefficient (Wildman–Crippen LogP) is 3.68. The smallest absolute Gasteiger partial charge is 0.186 e. The number of nitrogens with zero attached hydrogens (tertiary/aromatic N) is 2. The van der Waals surface area contributed by atoms with Gasteiger partial charge in [0.1, 0.15) is 0 Å². The number of morpholine rings is 1. The average Bonchev–Trinajstić information content (AvgIpc) is 2.80. The third-order valence-corrected chi connectivity index (χ3v) is 5.03. The van der Waals surface area contributed by atoms with Crippen LogP contribution < -0.4 is 4.90 Å². The first-order chi connectivity index (χ1) is 9.07. The molecule has 1 atom stereocenters. The van der Waals surface area contributed by atoms with Gasteiger partial charge >= 0.3 is 0 Å². The van der Waals surface area contributed by atoms with Gasteiger partial charge in [0.15, 0.2) is 5.13 Å². The Hall–Kier alpha value is -0.650. The molecule has 0 radical (unpaired) electrons. The Labute approximate surface area is 125 Å². The average molecular weight is 341 g/mol. The van der Waals surface area contributed by atoms with Gasteiger partial charge in [-0.1, -0.05) is 39.4 Å². The zero-order valence-corrected chi connectivity index (χ0v) is 13.5. The Morgan fingerprint density at radius 2 is 2.26 bits per heavy atom. The summed E-state index contributed by atoms with van der Waals surface area (Å²) in [7, 11) is 0. The highest BCUT2D eigenvalue weighted by molar-refractivity contribution is 9.09. The monoisotopic (exact) mass is 340 g/mol. The Morgan fingerprint density at radius 3 is 3.00 bits per heavy atom. The molecule has 0 spiro atoms. The largest absolute Gasteiger partial charge is 0.368 e. The minimum absolute atomic E-state index is 0.130. The van der Waals surface area contributed by atoms with Crippen molar-refractivity contribution in [2.75, 3.05) is 23.3 Å². The number of hydrogen-bond acceptors (Lipinski definition) is 4. The Kier molecular flexibility index (Phi) is 3.53. The predicted molar refractivity (Wildman–Crippen MR) is 84.6 cm³/mol. The first-order valence-electron chi connectivity index (χ1n) is 6.42. The van der Waals surface area contributed by atoms with E-state index in [1.807, 2.05) is 6.07 Å². The number of thiazole rings is 1. The molecule has 1 aliphatic heterocycles. The zero-order valence-electron chi connectivity index (χ0n) is 11.1. The van der Waals surface area contributed by atoms with Gasteiger partial charge in [0.2, 0.25) is 0 Å². The normalized spacial score (nSPS) is 22.9. The molecule has 0 amide bonds. The summed E-state index contributed by atoms with van der Waals surface area (Å²) in [5.74, 6) is 0. The second-order valence-corrected chi connectivity index (χ2v) is 7.16. The minimum Gasteiger partial charge on any atom is -0.368 e. The van der Waals surface area contributed by atoms with Gasteiger partial charge in [-0.05, 0) is 26.0 Å². The number of fused-ring (bicyclic) bond motifs is 1. The van der Waals surface area contributed by atoms with E-state index in [4.69, 9.17) is 9.72 Å². The first kappa shape index (κ1) is 13.3. The molecule has 0 saturated carbocycles. The van der Waals surface area contributed by atoms with E-state index in [-0.39, 0.29) is 11.7 Å². The van der Waals surface area contributed by atoms with E-state index >= 15 is 0 Å². The molecular formula is C14H17BrN2OS. The molecule has 3 rings (SSSR count). The Morgan fingerprint density at radius 1 is 1.47 bits per heavy atom. The molecule has 1 aliphatic rings. The molecular weight excluding hydrogens is 324 g/mol. The molecule has 0 N–H and O–H groups in total.